The number of rotatable bonds is 6. The lowest BCUT2D eigenvalue weighted by Crippen LogP contribution is -2.28. The van der Waals surface area contributed by atoms with Gasteiger partial charge >= 0.3 is 0 Å². The lowest BCUT2D eigenvalue weighted by molar-refractivity contribution is 0.0187. The fourth-order valence-corrected chi connectivity index (χ4v) is 1.22. The molecule has 0 amide bonds. The Hall–Kier alpha value is -0.0800. The standard InChI is InChI=1S/C11H24O2/c1-5-10(12)8-6-7-9(2)11(3,4)13/h9-10,12-13H,5-8H2,1-4H3. The predicted molar refractivity (Wildman–Crippen MR) is 55.6 cm³/mol. The largest absolute Gasteiger partial charge is 0.393 e. The van der Waals surface area contributed by atoms with Crippen LogP contribution >= 0.6 is 0 Å². The van der Waals surface area contributed by atoms with Crippen LogP contribution in [0.25, 0.3) is 0 Å². The van der Waals surface area contributed by atoms with Crippen molar-refractivity contribution in [3.8, 4) is 0 Å². The van der Waals surface area contributed by atoms with Crippen molar-refractivity contribution in [2.75, 3.05) is 0 Å². The molecule has 0 saturated heterocycles. The molecule has 0 heterocycles. The molecule has 2 heteroatoms. The molecule has 0 rings (SSSR count). The summed E-state index contributed by atoms with van der Waals surface area (Å²) in [5, 5.41) is 19.0. The molecule has 0 aromatic carbocycles. The van der Waals surface area contributed by atoms with Gasteiger partial charge in [-0.3, -0.25) is 0 Å². The summed E-state index contributed by atoms with van der Waals surface area (Å²) in [4.78, 5) is 0. The molecule has 2 nitrogen and oxygen atoms in total. The minimum absolute atomic E-state index is 0.158. The van der Waals surface area contributed by atoms with Gasteiger partial charge in [0.2, 0.25) is 0 Å². The summed E-state index contributed by atoms with van der Waals surface area (Å²) >= 11 is 0. The third kappa shape index (κ3) is 6.05. The number of hydrogen-bond acceptors (Lipinski definition) is 2. The highest BCUT2D eigenvalue weighted by Gasteiger charge is 2.21. The molecule has 0 bridgehead atoms. The van der Waals surface area contributed by atoms with Gasteiger partial charge in [0.15, 0.2) is 0 Å². The summed E-state index contributed by atoms with van der Waals surface area (Å²) in [5.74, 6) is 0.302. The maximum atomic E-state index is 9.65. The van der Waals surface area contributed by atoms with Gasteiger partial charge in [0, 0.05) is 0 Å². The van der Waals surface area contributed by atoms with Crippen molar-refractivity contribution in [3.05, 3.63) is 0 Å². The molecular weight excluding hydrogens is 164 g/mol. The third-order valence-corrected chi connectivity index (χ3v) is 2.85. The molecule has 0 fully saturated rings. The lowest BCUT2D eigenvalue weighted by atomic mass is 9.88. The summed E-state index contributed by atoms with van der Waals surface area (Å²) in [7, 11) is 0. The topological polar surface area (TPSA) is 40.5 Å². The van der Waals surface area contributed by atoms with Crippen LogP contribution in [0.3, 0.4) is 0 Å². The molecule has 0 aliphatic rings. The molecule has 0 aliphatic heterocycles. The van der Waals surface area contributed by atoms with Crippen LogP contribution in [-0.2, 0) is 0 Å². The Morgan fingerprint density at radius 1 is 1.23 bits per heavy atom. The van der Waals surface area contributed by atoms with Crippen molar-refractivity contribution in [3.63, 3.8) is 0 Å². The van der Waals surface area contributed by atoms with Gasteiger partial charge in [0.1, 0.15) is 0 Å². The van der Waals surface area contributed by atoms with E-state index in [-0.39, 0.29) is 6.10 Å². The van der Waals surface area contributed by atoms with Crippen LogP contribution in [0.5, 0.6) is 0 Å². The Balaban J connectivity index is 3.54. The second-order valence-electron chi connectivity index (χ2n) is 4.55. The van der Waals surface area contributed by atoms with Gasteiger partial charge in [-0.25, -0.2) is 0 Å². The fourth-order valence-electron chi connectivity index (χ4n) is 1.22. The molecule has 2 unspecified atom stereocenters. The van der Waals surface area contributed by atoms with Crippen molar-refractivity contribution >= 4 is 0 Å². The number of aliphatic hydroxyl groups excluding tert-OH is 1. The Bertz CT molecular complexity index is 127. The molecule has 0 aromatic heterocycles. The summed E-state index contributed by atoms with van der Waals surface area (Å²) in [6.45, 7) is 7.73. The Morgan fingerprint density at radius 2 is 1.77 bits per heavy atom. The molecule has 0 aromatic rings. The third-order valence-electron chi connectivity index (χ3n) is 2.85. The quantitative estimate of drug-likeness (QED) is 0.671. The SMILES string of the molecule is CCC(O)CCCC(C)C(C)(C)O. The van der Waals surface area contributed by atoms with Crippen LogP contribution in [0.15, 0.2) is 0 Å². The van der Waals surface area contributed by atoms with Crippen LogP contribution in [-0.4, -0.2) is 21.9 Å². The van der Waals surface area contributed by atoms with Crippen LogP contribution in [0.1, 0.15) is 53.4 Å². The van der Waals surface area contributed by atoms with Gasteiger partial charge in [-0.1, -0.05) is 20.3 Å². The first-order valence-electron chi connectivity index (χ1n) is 5.28. The van der Waals surface area contributed by atoms with E-state index in [4.69, 9.17) is 0 Å². The van der Waals surface area contributed by atoms with Gasteiger partial charge in [-0.05, 0) is 39.0 Å². The average molecular weight is 188 g/mol. The molecule has 0 radical (unpaired) electrons. The smallest absolute Gasteiger partial charge is 0.0617 e. The maximum Gasteiger partial charge on any atom is 0.0617 e. The summed E-state index contributed by atoms with van der Waals surface area (Å²) < 4.78 is 0. The molecule has 0 saturated carbocycles. The van der Waals surface area contributed by atoms with Crippen molar-refractivity contribution in [1.82, 2.24) is 0 Å². The van der Waals surface area contributed by atoms with Crippen LogP contribution in [0.4, 0.5) is 0 Å². The van der Waals surface area contributed by atoms with Gasteiger partial charge < -0.3 is 10.2 Å². The molecule has 2 atom stereocenters. The van der Waals surface area contributed by atoms with Gasteiger partial charge in [-0.15, -0.1) is 0 Å². The van der Waals surface area contributed by atoms with Crippen molar-refractivity contribution in [1.29, 1.82) is 0 Å². The zero-order chi connectivity index (χ0) is 10.5. The van der Waals surface area contributed by atoms with Crippen LogP contribution in [0, 0.1) is 5.92 Å². The van der Waals surface area contributed by atoms with E-state index in [0.29, 0.717) is 5.92 Å². The maximum absolute atomic E-state index is 9.65. The van der Waals surface area contributed by atoms with Gasteiger partial charge in [-0.2, -0.15) is 0 Å². The summed E-state index contributed by atoms with van der Waals surface area (Å²) in [6.07, 6.45) is 3.52. The Kier molecular flexibility index (Phi) is 5.57. The molecule has 0 aliphatic carbocycles. The summed E-state index contributed by atoms with van der Waals surface area (Å²) in [5.41, 5.74) is -0.586. The van der Waals surface area contributed by atoms with Crippen molar-refractivity contribution in [2.45, 2.75) is 65.1 Å². The molecule has 80 valence electrons. The fraction of sp³-hybridized carbons (Fsp3) is 1.00. The molecule has 0 spiro atoms. The van der Waals surface area contributed by atoms with E-state index in [9.17, 15) is 10.2 Å². The zero-order valence-electron chi connectivity index (χ0n) is 9.38. The second kappa shape index (κ2) is 5.61. The van der Waals surface area contributed by atoms with E-state index < -0.39 is 5.60 Å². The summed E-state index contributed by atoms with van der Waals surface area (Å²) in [6, 6.07) is 0. The first-order chi connectivity index (χ1) is 5.88. The minimum atomic E-state index is -0.586. The van der Waals surface area contributed by atoms with E-state index in [1.807, 2.05) is 20.8 Å². The Labute approximate surface area is 82.0 Å². The normalized spacial score (nSPS) is 17.1. The average Bonchev–Trinajstić information content (AvgIpc) is 2.02. The molecular formula is C11H24O2. The first-order valence-corrected chi connectivity index (χ1v) is 5.28. The molecule has 2 N–H and O–H groups in total. The number of aliphatic hydroxyl groups is 2. The van der Waals surface area contributed by atoms with E-state index in [1.165, 1.54) is 0 Å². The van der Waals surface area contributed by atoms with Crippen molar-refractivity contribution in [2.24, 2.45) is 5.92 Å². The van der Waals surface area contributed by atoms with Crippen molar-refractivity contribution < 1.29 is 10.2 Å². The first kappa shape index (κ1) is 12.9. The highest BCUT2D eigenvalue weighted by molar-refractivity contribution is 4.73. The van der Waals surface area contributed by atoms with E-state index in [0.717, 1.165) is 25.7 Å². The zero-order valence-corrected chi connectivity index (χ0v) is 9.38. The van der Waals surface area contributed by atoms with E-state index in [2.05, 4.69) is 6.92 Å². The second-order valence-corrected chi connectivity index (χ2v) is 4.55. The van der Waals surface area contributed by atoms with E-state index >= 15 is 0 Å². The molecule has 13 heavy (non-hydrogen) atoms. The van der Waals surface area contributed by atoms with Crippen LogP contribution in [0.2, 0.25) is 0 Å². The Morgan fingerprint density at radius 3 is 2.15 bits per heavy atom. The highest BCUT2D eigenvalue weighted by Crippen LogP contribution is 2.21. The van der Waals surface area contributed by atoms with Gasteiger partial charge in [0.05, 0.1) is 11.7 Å². The van der Waals surface area contributed by atoms with E-state index in [1.54, 1.807) is 0 Å². The monoisotopic (exact) mass is 188 g/mol. The highest BCUT2D eigenvalue weighted by atomic mass is 16.3. The predicted octanol–water partition coefficient (Wildman–Crippen LogP) is 2.33. The van der Waals surface area contributed by atoms with Crippen LogP contribution < -0.4 is 0 Å². The van der Waals surface area contributed by atoms with Gasteiger partial charge in [0.25, 0.3) is 0 Å². The minimum Gasteiger partial charge on any atom is -0.393 e. The lowest BCUT2D eigenvalue weighted by Gasteiger charge is -2.25. The number of hydrogen-bond donors (Lipinski definition) is 2.